The highest BCUT2D eigenvalue weighted by molar-refractivity contribution is 5.75. The second-order valence-electron chi connectivity index (χ2n) is 16.9. The van der Waals surface area contributed by atoms with Crippen LogP contribution in [0.25, 0.3) is 0 Å². The van der Waals surface area contributed by atoms with Crippen LogP contribution < -0.4 is 10.6 Å². The number of hydrogen-bond donors (Lipinski definition) is 2. The van der Waals surface area contributed by atoms with Crippen LogP contribution in [-0.2, 0) is 0 Å². The third kappa shape index (κ3) is 10.6. The lowest BCUT2D eigenvalue weighted by Crippen LogP contribution is -2.72. The van der Waals surface area contributed by atoms with Gasteiger partial charge in [-0.3, -0.25) is 0 Å². The van der Waals surface area contributed by atoms with Crippen LogP contribution in [0.15, 0.2) is 0 Å². The highest BCUT2D eigenvalue weighted by atomic mass is 16.2. The van der Waals surface area contributed by atoms with Crippen molar-refractivity contribution in [2.45, 2.75) is 233 Å². The summed E-state index contributed by atoms with van der Waals surface area (Å²) < 4.78 is 0. The Morgan fingerprint density at radius 3 is 1.17 bits per heavy atom. The fourth-order valence-corrected chi connectivity index (χ4v) is 8.98. The smallest absolute Gasteiger partial charge is 0.320 e. The van der Waals surface area contributed by atoms with Gasteiger partial charge in [-0.25, -0.2) is 4.79 Å². The summed E-state index contributed by atoms with van der Waals surface area (Å²) in [6.45, 7) is 30.2. The van der Waals surface area contributed by atoms with E-state index in [1.54, 1.807) is 0 Å². The van der Waals surface area contributed by atoms with Crippen LogP contribution in [0.2, 0.25) is 0 Å². The highest BCUT2D eigenvalue weighted by Gasteiger charge is 2.52. The molecule has 2 aliphatic heterocycles. The van der Waals surface area contributed by atoms with E-state index in [1.807, 2.05) is 0 Å². The third-order valence-corrected chi connectivity index (χ3v) is 13.5. The number of carbonyl (C=O) groups is 1. The van der Waals surface area contributed by atoms with Gasteiger partial charge in [-0.2, -0.15) is 0 Å². The summed E-state index contributed by atoms with van der Waals surface area (Å²) in [5.74, 6) is 0.786. The van der Waals surface area contributed by atoms with Gasteiger partial charge in [-0.05, 0) is 90.9 Å². The number of nitrogens with zero attached hydrogens (tertiary/aromatic N) is 2. The van der Waals surface area contributed by atoms with Crippen molar-refractivity contribution in [2.75, 3.05) is 13.1 Å². The first-order valence-electron chi connectivity index (χ1n) is 20.4. The Hall–Kier alpha value is -0.810. The van der Waals surface area contributed by atoms with E-state index in [4.69, 9.17) is 0 Å². The number of amides is 2. The molecule has 0 aromatic heterocycles. The van der Waals surface area contributed by atoms with Crippen molar-refractivity contribution in [2.24, 2.45) is 11.8 Å². The van der Waals surface area contributed by atoms with E-state index in [9.17, 15) is 0 Å². The minimum absolute atomic E-state index is 0.0149. The van der Waals surface area contributed by atoms with E-state index in [2.05, 4.69) is 104 Å². The van der Waals surface area contributed by atoms with Crippen LogP contribution in [0.3, 0.4) is 0 Å². The zero-order valence-corrected chi connectivity index (χ0v) is 33.3. The van der Waals surface area contributed by atoms with Gasteiger partial charge >= 0.3 is 6.03 Å². The van der Waals surface area contributed by atoms with Crippen LogP contribution in [0.5, 0.6) is 0 Å². The molecule has 2 N–H and O–H groups in total. The molecule has 0 aromatic carbocycles. The number of carbonyl (C=O) groups excluding carboxylic acids is 1. The molecule has 2 fully saturated rings. The van der Waals surface area contributed by atoms with Gasteiger partial charge in [0.25, 0.3) is 0 Å². The van der Waals surface area contributed by atoms with Gasteiger partial charge in [0.15, 0.2) is 0 Å². The van der Waals surface area contributed by atoms with E-state index in [0.717, 1.165) is 64.5 Å². The molecule has 2 aliphatic rings. The molecule has 5 heteroatoms. The fraction of sp³-hybridized carbons (Fsp3) is 0.976. The molecular formula is C41H82N4O. The molecule has 2 heterocycles. The monoisotopic (exact) mass is 647 g/mol. The first kappa shape index (κ1) is 41.4. The zero-order chi connectivity index (χ0) is 34.6. The van der Waals surface area contributed by atoms with E-state index in [0.29, 0.717) is 17.9 Å². The summed E-state index contributed by atoms with van der Waals surface area (Å²) in [6, 6.07) is 0.838. The van der Waals surface area contributed by atoms with Gasteiger partial charge in [-0.15, -0.1) is 0 Å². The van der Waals surface area contributed by atoms with Gasteiger partial charge in [0.1, 0.15) is 0 Å². The van der Waals surface area contributed by atoms with E-state index in [1.165, 1.54) is 64.2 Å². The molecule has 5 nitrogen and oxygen atoms in total. The molecule has 0 bridgehead atoms. The van der Waals surface area contributed by atoms with Crippen LogP contribution in [0.1, 0.15) is 199 Å². The molecule has 2 saturated heterocycles. The molecule has 0 spiro atoms. The summed E-state index contributed by atoms with van der Waals surface area (Å²) in [5, 5.41) is 8.21. The van der Waals surface area contributed by atoms with E-state index >= 15 is 4.79 Å². The average molecular weight is 647 g/mol. The highest BCUT2D eigenvalue weighted by Crippen LogP contribution is 2.43. The maximum Gasteiger partial charge on any atom is 0.320 e. The van der Waals surface area contributed by atoms with E-state index in [-0.39, 0.29) is 34.2 Å². The molecule has 2 amide bonds. The van der Waals surface area contributed by atoms with Crippen molar-refractivity contribution in [3.05, 3.63) is 0 Å². The Morgan fingerprint density at radius 2 is 0.870 bits per heavy atom. The van der Waals surface area contributed by atoms with Gasteiger partial charge in [0.2, 0.25) is 0 Å². The Labute approximate surface area is 288 Å². The molecular weight excluding hydrogens is 564 g/mol. The van der Waals surface area contributed by atoms with Crippen LogP contribution in [0.4, 0.5) is 4.79 Å². The SMILES string of the molecule is CCCCCCCCN(C(=O)N(CCCCCCCC)C1CC(C)(CC)NC(C)(CC)C1C)C1CC(C)(CC)NC(C)(CC)C1C. The minimum atomic E-state index is 0.0149. The third-order valence-electron chi connectivity index (χ3n) is 13.5. The van der Waals surface area contributed by atoms with Crippen LogP contribution in [0, 0.1) is 11.8 Å². The van der Waals surface area contributed by atoms with Crippen molar-refractivity contribution in [1.82, 2.24) is 20.4 Å². The number of nitrogens with one attached hydrogen (secondary N) is 2. The Bertz CT molecular complexity index is 813. The van der Waals surface area contributed by atoms with Gasteiger partial charge in [-0.1, -0.05) is 120 Å². The summed E-state index contributed by atoms with van der Waals surface area (Å²) in [7, 11) is 0. The first-order valence-corrected chi connectivity index (χ1v) is 20.4. The van der Waals surface area contributed by atoms with Crippen molar-refractivity contribution in [3.63, 3.8) is 0 Å². The molecule has 0 saturated carbocycles. The maximum absolute atomic E-state index is 15.5. The number of rotatable bonds is 20. The molecule has 46 heavy (non-hydrogen) atoms. The predicted molar refractivity (Wildman–Crippen MR) is 202 cm³/mol. The summed E-state index contributed by atoms with van der Waals surface area (Å²) in [4.78, 5) is 20.3. The quantitative estimate of drug-likeness (QED) is 0.129. The lowest BCUT2D eigenvalue weighted by molar-refractivity contribution is -0.0169. The zero-order valence-electron chi connectivity index (χ0n) is 33.3. The lowest BCUT2D eigenvalue weighted by atomic mass is 9.68. The van der Waals surface area contributed by atoms with Crippen molar-refractivity contribution in [3.8, 4) is 0 Å². The van der Waals surface area contributed by atoms with Gasteiger partial charge in [0, 0.05) is 47.3 Å². The molecule has 8 unspecified atom stereocenters. The van der Waals surface area contributed by atoms with Crippen molar-refractivity contribution >= 4 is 6.03 Å². The Kier molecular flexibility index (Phi) is 16.9. The minimum Gasteiger partial charge on any atom is -0.321 e. The normalized spacial score (nSPS) is 34.9. The number of unbranched alkanes of at least 4 members (excludes halogenated alkanes) is 10. The van der Waals surface area contributed by atoms with Crippen molar-refractivity contribution in [1.29, 1.82) is 0 Å². The maximum atomic E-state index is 15.5. The second kappa shape index (κ2) is 18.8. The Morgan fingerprint density at radius 1 is 0.543 bits per heavy atom. The molecule has 2 rings (SSSR count). The number of piperidine rings is 2. The standard InChI is InChI=1S/C41H82N4O/c1-13-19-21-23-25-27-29-44(35-31-38(9,15-3)42-40(11,17-5)33(35)7)37(46)45(30-28-26-24-22-20-14-2)36-32-39(10,16-4)43-41(12,18-6)34(36)8/h33-36,42-43H,13-32H2,1-12H3. The second-order valence-corrected chi connectivity index (χ2v) is 16.9. The topological polar surface area (TPSA) is 47.6 Å². The number of urea groups is 1. The van der Waals surface area contributed by atoms with Crippen molar-refractivity contribution < 1.29 is 4.79 Å². The molecule has 0 radical (unpaired) electrons. The molecule has 0 aliphatic carbocycles. The summed E-state index contributed by atoms with van der Waals surface area (Å²) in [5.41, 5.74) is 0.104. The predicted octanol–water partition coefficient (Wildman–Crippen LogP) is 11.1. The summed E-state index contributed by atoms with van der Waals surface area (Å²) in [6.07, 6.45) is 21.5. The molecule has 272 valence electrons. The van der Waals surface area contributed by atoms with Crippen LogP contribution in [-0.4, -0.2) is 63.2 Å². The largest absolute Gasteiger partial charge is 0.321 e. The summed E-state index contributed by atoms with van der Waals surface area (Å²) >= 11 is 0. The van der Waals surface area contributed by atoms with E-state index < -0.39 is 0 Å². The van der Waals surface area contributed by atoms with Crippen LogP contribution >= 0.6 is 0 Å². The molecule has 0 aromatic rings. The van der Waals surface area contributed by atoms with Gasteiger partial charge < -0.3 is 20.4 Å². The average Bonchev–Trinajstić information content (AvgIpc) is 3.04. The first-order chi connectivity index (χ1) is 21.7. The van der Waals surface area contributed by atoms with Gasteiger partial charge in [0.05, 0.1) is 0 Å². The Balaban J connectivity index is 2.54. The molecule has 8 atom stereocenters. The lowest BCUT2D eigenvalue weighted by Gasteiger charge is -2.58. The number of hydrogen-bond acceptors (Lipinski definition) is 3. The fourth-order valence-electron chi connectivity index (χ4n) is 8.98.